The van der Waals surface area contributed by atoms with Gasteiger partial charge in [0.25, 0.3) is 0 Å². The predicted molar refractivity (Wildman–Crippen MR) is 88.0 cm³/mol. The maximum absolute atomic E-state index is 3.46. The van der Waals surface area contributed by atoms with Crippen LogP contribution in [0.3, 0.4) is 0 Å². The van der Waals surface area contributed by atoms with Crippen LogP contribution in [0, 0.1) is 0 Å². The zero-order chi connectivity index (χ0) is 14.2. The van der Waals surface area contributed by atoms with Crippen LogP contribution >= 0.6 is 0 Å². The van der Waals surface area contributed by atoms with Crippen molar-refractivity contribution in [2.75, 3.05) is 6.54 Å². The van der Waals surface area contributed by atoms with E-state index >= 15 is 0 Å². The second kappa shape index (κ2) is 7.86. The molecule has 1 N–H and O–H groups in total. The van der Waals surface area contributed by atoms with Crippen LogP contribution in [-0.2, 0) is 6.42 Å². The van der Waals surface area contributed by atoms with E-state index in [1.807, 2.05) is 0 Å². The average Bonchev–Trinajstić information content (AvgIpc) is 2.48. The zero-order valence-corrected chi connectivity index (χ0v) is 12.6. The van der Waals surface area contributed by atoms with E-state index in [0.29, 0.717) is 6.04 Å². The molecule has 2 rings (SSSR count). The molecule has 0 fully saturated rings. The van der Waals surface area contributed by atoms with Crippen LogP contribution in [0.25, 0.3) is 11.1 Å². The van der Waals surface area contributed by atoms with Crippen molar-refractivity contribution in [3.05, 3.63) is 60.2 Å². The molecular weight excluding hydrogens is 242 g/mol. The van der Waals surface area contributed by atoms with Crippen LogP contribution in [0.2, 0.25) is 0 Å². The Labute approximate surface area is 123 Å². The lowest BCUT2D eigenvalue weighted by atomic mass is 10.0. The molecule has 0 atom stereocenters. The van der Waals surface area contributed by atoms with Crippen molar-refractivity contribution in [1.29, 1.82) is 0 Å². The Morgan fingerprint density at radius 3 is 2.10 bits per heavy atom. The fraction of sp³-hybridized carbons (Fsp3) is 0.368. The molecular formula is C19H25N. The first-order valence-corrected chi connectivity index (χ1v) is 7.63. The maximum atomic E-state index is 3.46. The molecule has 0 amide bonds. The Morgan fingerprint density at radius 2 is 1.45 bits per heavy atom. The standard InChI is InChI=1S/C19H25N/c1-16(2)20-15-7-6-8-17-11-13-19(14-12-17)18-9-4-3-5-10-18/h3-5,9-14,16,20H,6-8,15H2,1-2H3. The second-order valence-corrected chi connectivity index (χ2v) is 5.63. The second-order valence-electron chi connectivity index (χ2n) is 5.63. The van der Waals surface area contributed by atoms with Crippen molar-refractivity contribution >= 4 is 0 Å². The molecule has 1 heteroatoms. The lowest BCUT2D eigenvalue weighted by Crippen LogP contribution is -2.23. The van der Waals surface area contributed by atoms with E-state index < -0.39 is 0 Å². The third-order valence-electron chi connectivity index (χ3n) is 3.51. The molecule has 0 saturated carbocycles. The largest absolute Gasteiger partial charge is 0.315 e. The number of aryl methyl sites for hydroxylation is 1. The van der Waals surface area contributed by atoms with Gasteiger partial charge < -0.3 is 5.32 Å². The van der Waals surface area contributed by atoms with Gasteiger partial charge in [-0.15, -0.1) is 0 Å². The molecule has 2 aromatic rings. The first-order valence-electron chi connectivity index (χ1n) is 7.63. The highest BCUT2D eigenvalue weighted by molar-refractivity contribution is 5.63. The third kappa shape index (κ3) is 4.82. The number of rotatable bonds is 7. The molecule has 0 bridgehead atoms. The van der Waals surface area contributed by atoms with E-state index in [1.165, 1.54) is 36.0 Å². The minimum absolute atomic E-state index is 0.597. The summed E-state index contributed by atoms with van der Waals surface area (Å²) in [5, 5.41) is 3.46. The summed E-state index contributed by atoms with van der Waals surface area (Å²) in [4.78, 5) is 0. The first-order chi connectivity index (χ1) is 9.75. The fourth-order valence-corrected chi connectivity index (χ4v) is 2.34. The molecule has 0 aliphatic rings. The monoisotopic (exact) mass is 267 g/mol. The van der Waals surface area contributed by atoms with Gasteiger partial charge in [-0.3, -0.25) is 0 Å². The summed E-state index contributed by atoms with van der Waals surface area (Å²) in [6.45, 7) is 5.52. The first kappa shape index (κ1) is 14.8. The van der Waals surface area contributed by atoms with Gasteiger partial charge >= 0.3 is 0 Å². The molecule has 1 nitrogen and oxygen atoms in total. The van der Waals surface area contributed by atoms with Gasteiger partial charge in [0.1, 0.15) is 0 Å². The number of nitrogens with one attached hydrogen (secondary N) is 1. The van der Waals surface area contributed by atoms with Crippen LogP contribution < -0.4 is 5.32 Å². The maximum Gasteiger partial charge on any atom is 0.00103 e. The van der Waals surface area contributed by atoms with Crippen molar-refractivity contribution in [1.82, 2.24) is 5.32 Å². The summed E-state index contributed by atoms with van der Waals surface area (Å²) >= 11 is 0. The number of unbranched alkanes of at least 4 members (excludes halogenated alkanes) is 1. The van der Waals surface area contributed by atoms with Crippen LogP contribution in [0.5, 0.6) is 0 Å². The summed E-state index contributed by atoms with van der Waals surface area (Å²) in [7, 11) is 0. The molecule has 0 aliphatic carbocycles. The van der Waals surface area contributed by atoms with Gasteiger partial charge in [-0.25, -0.2) is 0 Å². The van der Waals surface area contributed by atoms with Gasteiger partial charge in [0.05, 0.1) is 0 Å². The Morgan fingerprint density at radius 1 is 0.800 bits per heavy atom. The summed E-state index contributed by atoms with van der Waals surface area (Å²) in [5.74, 6) is 0. The Kier molecular flexibility index (Phi) is 5.82. The Bertz CT molecular complexity index is 485. The Balaban J connectivity index is 1.80. The number of benzene rings is 2. The summed E-state index contributed by atoms with van der Waals surface area (Å²) in [5.41, 5.74) is 4.03. The summed E-state index contributed by atoms with van der Waals surface area (Å²) in [6.07, 6.45) is 3.68. The minimum atomic E-state index is 0.597. The van der Waals surface area contributed by atoms with Crippen molar-refractivity contribution in [3.63, 3.8) is 0 Å². The predicted octanol–water partition coefficient (Wildman–Crippen LogP) is 4.67. The van der Waals surface area contributed by atoms with Gasteiger partial charge in [0.15, 0.2) is 0 Å². The molecule has 0 spiro atoms. The highest BCUT2D eigenvalue weighted by atomic mass is 14.9. The van der Waals surface area contributed by atoms with E-state index in [2.05, 4.69) is 73.8 Å². The van der Waals surface area contributed by atoms with Crippen LogP contribution in [0.15, 0.2) is 54.6 Å². The third-order valence-corrected chi connectivity index (χ3v) is 3.51. The van der Waals surface area contributed by atoms with Crippen LogP contribution in [0.4, 0.5) is 0 Å². The molecule has 0 aromatic heterocycles. The van der Waals surface area contributed by atoms with E-state index in [-0.39, 0.29) is 0 Å². The van der Waals surface area contributed by atoms with Gasteiger partial charge in [0, 0.05) is 6.04 Å². The highest BCUT2D eigenvalue weighted by Crippen LogP contribution is 2.19. The Hall–Kier alpha value is -1.60. The number of hydrogen-bond donors (Lipinski definition) is 1. The van der Waals surface area contributed by atoms with Crippen molar-refractivity contribution < 1.29 is 0 Å². The van der Waals surface area contributed by atoms with Gasteiger partial charge in [-0.2, -0.15) is 0 Å². The molecule has 0 unspecified atom stereocenters. The molecule has 2 aromatic carbocycles. The minimum Gasteiger partial charge on any atom is -0.315 e. The van der Waals surface area contributed by atoms with Gasteiger partial charge in [0.2, 0.25) is 0 Å². The average molecular weight is 267 g/mol. The number of hydrogen-bond acceptors (Lipinski definition) is 1. The lowest BCUT2D eigenvalue weighted by molar-refractivity contribution is 0.557. The van der Waals surface area contributed by atoms with Gasteiger partial charge in [-0.1, -0.05) is 68.4 Å². The topological polar surface area (TPSA) is 12.0 Å². The quantitative estimate of drug-likeness (QED) is 0.719. The van der Waals surface area contributed by atoms with E-state index in [9.17, 15) is 0 Å². The van der Waals surface area contributed by atoms with E-state index in [1.54, 1.807) is 0 Å². The normalized spacial score (nSPS) is 10.9. The SMILES string of the molecule is CC(C)NCCCCc1ccc(-c2ccccc2)cc1. The van der Waals surface area contributed by atoms with Crippen molar-refractivity contribution in [3.8, 4) is 11.1 Å². The lowest BCUT2D eigenvalue weighted by Gasteiger charge is -2.08. The van der Waals surface area contributed by atoms with E-state index in [4.69, 9.17) is 0 Å². The fourth-order valence-electron chi connectivity index (χ4n) is 2.34. The molecule has 0 saturated heterocycles. The van der Waals surface area contributed by atoms with Gasteiger partial charge in [-0.05, 0) is 42.5 Å². The molecule has 0 aliphatic heterocycles. The van der Waals surface area contributed by atoms with E-state index in [0.717, 1.165) is 6.54 Å². The molecule has 0 radical (unpaired) electrons. The van der Waals surface area contributed by atoms with Crippen molar-refractivity contribution in [2.45, 2.75) is 39.2 Å². The molecule has 20 heavy (non-hydrogen) atoms. The van der Waals surface area contributed by atoms with Crippen LogP contribution in [0.1, 0.15) is 32.3 Å². The van der Waals surface area contributed by atoms with Crippen LogP contribution in [-0.4, -0.2) is 12.6 Å². The van der Waals surface area contributed by atoms with Crippen molar-refractivity contribution in [2.24, 2.45) is 0 Å². The highest BCUT2D eigenvalue weighted by Gasteiger charge is 1.98. The smallest absolute Gasteiger partial charge is 0.00103 e. The molecule has 106 valence electrons. The zero-order valence-electron chi connectivity index (χ0n) is 12.6. The summed E-state index contributed by atoms with van der Waals surface area (Å²) < 4.78 is 0. The molecule has 0 heterocycles. The summed E-state index contributed by atoms with van der Waals surface area (Å²) in [6, 6.07) is 20.1.